The summed E-state index contributed by atoms with van der Waals surface area (Å²) in [5.74, 6) is -0.431. The number of carboxylic acid groups (broad SMARTS) is 1. The van der Waals surface area contributed by atoms with Gasteiger partial charge in [-0.15, -0.1) is 0 Å². The van der Waals surface area contributed by atoms with Crippen LogP contribution in [0.15, 0.2) is 18.2 Å². The van der Waals surface area contributed by atoms with E-state index in [2.05, 4.69) is 0 Å². The van der Waals surface area contributed by atoms with Gasteiger partial charge in [-0.2, -0.15) is 0 Å². The minimum Gasteiger partial charge on any atom is -0.493 e. The molecular formula is C16H18ClNO5. The maximum atomic E-state index is 12.2. The highest BCUT2D eigenvalue weighted by atomic mass is 35.5. The minimum atomic E-state index is -0.974. The van der Waals surface area contributed by atoms with Crippen LogP contribution in [0.1, 0.15) is 18.4 Å². The van der Waals surface area contributed by atoms with Gasteiger partial charge in [-0.3, -0.25) is 4.79 Å². The summed E-state index contributed by atoms with van der Waals surface area (Å²) in [4.78, 5) is 24.7. The summed E-state index contributed by atoms with van der Waals surface area (Å²) in [5, 5.41) is 9.48. The summed E-state index contributed by atoms with van der Waals surface area (Å²) >= 11 is 6.11. The van der Waals surface area contributed by atoms with Gasteiger partial charge in [0.1, 0.15) is 6.04 Å². The summed E-state index contributed by atoms with van der Waals surface area (Å²) in [5.41, 5.74) is 0.659. The number of methoxy groups -OCH3 is 2. The number of likely N-dealkylation sites (tertiary alicyclic amines) is 1. The Morgan fingerprint density at radius 3 is 2.70 bits per heavy atom. The average molecular weight is 340 g/mol. The van der Waals surface area contributed by atoms with Crippen molar-refractivity contribution in [1.82, 2.24) is 4.90 Å². The second-order valence-electron chi connectivity index (χ2n) is 5.10. The lowest BCUT2D eigenvalue weighted by molar-refractivity contribution is -0.146. The lowest BCUT2D eigenvalue weighted by Gasteiger charge is -2.19. The molecule has 7 heteroatoms. The van der Waals surface area contributed by atoms with Crippen molar-refractivity contribution in [2.75, 3.05) is 20.8 Å². The minimum absolute atomic E-state index is 0.333. The third-order valence-corrected chi connectivity index (χ3v) is 3.98. The van der Waals surface area contributed by atoms with Crippen LogP contribution in [0.3, 0.4) is 0 Å². The summed E-state index contributed by atoms with van der Waals surface area (Å²) in [6, 6.07) is 2.58. The maximum absolute atomic E-state index is 12.2. The normalized spacial score (nSPS) is 17.5. The third kappa shape index (κ3) is 3.76. The fraction of sp³-hybridized carbons (Fsp3) is 0.375. The highest BCUT2D eigenvalue weighted by Gasteiger charge is 2.32. The van der Waals surface area contributed by atoms with E-state index in [1.165, 1.54) is 25.2 Å². The Kier molecular flexibility index (Phi) is 5.50. The molecule has 1 aliphatic rings. The van der Waals surface area contributed by atoms with E-state index in [0.717, 1.165) is 0 Å². The summed E-state index contributed by atoms with van der Waals surface area (Å²) in [6.07, 6.45) is 4.10. The molecule has 1 aliphatic heterocycles. The van der Waals surface area contributed by atoms with Crippen molar-refractivity contribution in [1.29, 1.82) is 0 Å². The molecule has 1 aromatic rings. The van der Waals surface area contributed by atoms with E-state index < -0.39 is 12.0 Å². The molecule has 0 aromatic heterocycles. The molecule has 1 N–H and O–H groups in total. The number of hydrogen-bond donors (Lipinski definition) is 1. The van der Waals surface area contributed by atoms with E-state index >= 15 is 0 Å². The number of carbonyl (C=O) groups excluding carboxylic acids is 1. The van der Waals surface area contributed by atoms with Gasteiger partial charge in [-0.05, 0) is 36.6 Å². The van der Waals surface area contributed by atoms with Crippen LogP contribution < -0.4 is 9.47 Å². The Morgan fingerprint density at radius 1 is 1.35 bits per heavy atom. The average Bonchev–Trinajstić information content (AvgIpc) is 3.01. The van der Waals surface area contributed by atoms with Crippen molar-refractivity contribution in [3.05, 3.63) is 28.8 Å². The van der Waals surface area contributed by atoms with Crippen molar-refractivity contribution in [3.63, 3.8) is 0 Å². The SMILES string of the molecule is COc1cc(/C=C/C(=O)N2CCCC2C(=O)O)cc(Cl)c1OC. The molecule has 1 aromatic carbocycles. The first-order chi connectivity index (χ1) is 11.0. The number of ether oxygens (including phenoxy) is 2. The van der Waals surface area contributed by atoms with Gasteiger partial charge in [0.05, 0.1) is 19.2 Å². The van der Waals surface area contributed by atoms with E-state index in [4.69, 9.17) is 26.2 Å². The van der Waals surface area contributed by atoms with Crippen molar-refractivity contribution < 1.29 is 24.2 Å². The number of carboxylic acids is 1. The Morgan fingerprint density at radius 2 is 2.09 bits per heavy atom. The van der Waals surface area contributed by atoms with Crippen molar-refractivity contribution >= 4 is 29.6 Å². The molecule has 124 valence electrons. The van der Waals surface area contributed by atoms with Gasteiger partial charge in [0, 0.05) is 12.6 Å². The van der Waals surface area contributed by atoms with Crippen LogP contribution in [-0.2, 0) is 9.59 Å². The Bertz CT molecular complexity index is 644. The maximum Gasteiger partial charge on any atom is 0.326 e. The molecule has 6 nitrogen and oxygen atoms in total. The molecule has 1 atom stereocenters. The predicted octanol–water partition coefficient (Wildman–Crippen LogP) is 2.45. The van der Waals surface area contributed by atoms with Crippen LogP contribution in [0.4, 0.5) is 0 Å². The van der Waals surface area contributed by atoms with Crippen LogP contribution in [0.5, 0.6) is 11.5 Å². The van der Waals surface area contributed by atoms with E-state index in [1.54, 1.807) is 18.2 Å². The number of benzene rings is 1. The fourth-order valence-electron chi connectivity index (χ4n) is 2.58. The first kappa shape index (κ1) is 17.1. The molecule has 0 radical (unpaired) electrons. The van der Waals surface area contributed by atoms with E-state index in [9.17, 15) is 9.59 Å². The topological polar surface area (TPSA) is 76.1 Å². The molecule has 2 rings (SSSR count). The van der Waals surface area contributed by atoms with Gasteiger partial charge in [-0.25, -0.2) is 4.79 Å². The van der Waals surface area contributed by atoms with Gasteiger partial charge >= 0.3 is 5.97 Å². The lowest BCUT2D eigenvalue weighted by atomic mass is 10.1. The van der Waals surface area contributed by atoms with E-state index in [-0.39, 0.29) is 5.91 Å². The molecule has 1 fully saturated rings. The number of rotatable bonds is 5. The lowest BCUT2D eigenvalue weighted by Crippen LogP contribution is -2.39. The monoisotopic (exact) mass is 339 g/mol. The molecule has 1 unspecified atom stereocenters. The summed E-state index contributed by atoms with van der Waals surface area (Å²) < 4.78 is 10.3. The molecule has 0 aliphatic carbocycles. The smallest absolute Gasteiger partial charge is 0.326 e. The number of halogens is 1. The van der Waals surface area contributed by atoms with Crippen LogP contribution in [0, 0.1) is 0 Å². The first-order valence-electron chi connectivity index (χ1n) is 7.11. The standard InChI is InChI=1S/C16H18ClNO5/c1-22-13-9-10(8-11(17)15(13)23-2)5-6-14(19)18-7-3-4-12(18)16(20)21/h5-6,8-9,12H,3-4,7H2,1-2H3,(H,20,21)/b6-5+. The van der Waals surface area contributed by atoms with Gasteiger partial charge in [-0.1, -0.05) is 11.6 Å². The molecule has 23 heavy (non-hydrogen) atoms. The Hall–Kier alpha value is -2.21. The fourth-order valence-corrected chi connectivity index (χ4v) is 2.88. The molecular weight excluding hydrogens is 322 g/mol. The largest absolute Gasteiger partial charge is 0.493 e. The quantitative estimate of drug-likeness (QED) is 0.834. The van der Waals surface area contributed by atoms with Crippen LogP contribution >= 0.6 is 11.6 Å². The summed E-state index contributed by atoms with van der Waals surface area (Å²) in [7, 11) is 2.98. The molecule has 1 amide bonds. The Balaban J connectivity index is 2.18. The van der Waals surface area contributed by atoms with Gasteiger partial charge in [0.25, 0.3) is 0 Å². The van der Waals surface area contributed by atoms with Crippen LogP contribution in [0.25, 0.3) is 6.08 Å². The zero-order chi connectivity index (χ0) is 17.0. The zero-order valence-electron chi connectivity index (χ0n) is 12.9. The molecule has 0 spiro atoms. The number of carbonyl (C=O) groups is 2. The highest BCUT2D eigenvalue weighted by Crippen LogP contribution is 2.36. The van der Waals surface area contributed by atoms with Crippen LogP contribution in [0.2, 0.25) is 5.02 Å². The van der Waals surface area contributed by atoms with E-state index in [0.29, 0.717) is 41.5 Å². The van der Waals surface area contributed by atoms with Crippen molar-refractivity contribution in [2.24, 2.45) is 0 Å². The predicted molar refractivity (Wildman–Crippen MR) is 86.0 cm³/mol. The first-order valence-corrected chi connectivity index (χ1v) is 7.48. The molecule has 1 saturated heterocycles. The second kappa shape index (κ2) is 7.37. The number of aliphatic carboxylic acids is 1. The highest BCUT2D eigenvalue weighted by molar-refractivity contribution is 6.32. The molecule has 0 bridgehead atoms. The third-order valence-electron chi connectivity index (χ3n) is 3.70. The Labute approximate surface area is 139 Å². The van der Waals surface area contributed by atoms with Crippen LogP contribution in [-0.4, -0.2) is 48.7 Å². The second-order valence-corrected chi connectivity index (χ2v) is 5.51. The molecule has 1 heterocycles. The molecule has 0 saturated carbocycles. The summed E-state index contributed by atoms with van der Waals surface area (Å²) in [6.45, 7) is 0.451. The van der Waals surface area contributed by atoms with Gasteiger partial charge in [0.2, 0.25) is 5.91 Å². The van der Waals surface area contributed by atoms with E-state index in [1.807, 2.05) is 0 Å². The zero-order valence-corrected chi connectivity index (χ0v) is 13.7. The van der Waals surface area contributed by atoms with Gasteiger partial charge < -0.3 is 19.5 Å². The van der Waals surface area contributed by atoms with Crippen molar-refractivity contribution in [3.8, 4) is 11.5 Å². The van der Waals surface area contributed by atoms with Crippen molar-refractivity contribution in [2.45, 2.75) is 18.9 Å². The number of nitrogens with zero attached hydrogens (tertiary/aromatic N) is 1. The van der Waals surface area contributed by atoms with Gasteiger partial charge in [0.15, 0.2) is 11.5 Å². The number of amides is 1. The number of hydrogen-bond acceptors (Lipinski definition) is 4.